The topological polar surface area (TPSA) is 70.7 Å². The standard InChI is InChI=1S/C28H33N3O3/c1-34-25-13-11-22(12-14-25)26(31-17-5-2-6-18-31)20-30-27(32)15-16-29-28(33)24-10-9-21-7-3-4-8-23(21)19-24/h3-4,7-14,19,26H,2,5-6,15-18,20H2,1H3,(H,29,33)(H,30,32). The van der Waals surface area contributed by atoms with Crippen molar-refractivity contribution < 1.29 is 14.3 Å². The van der Waals surface area contributed by atoms with E-state index in [1.807, 2.05) is 54.6 Å². The molecule has 1 aliphatic rings. The lowest BCUT2D eigenvalue weighted by Gasteiger charge is -2.35. The lowest BCUT2D eigenvalue weighted by molar-refractivity contribution is -0.121. The zero-order valence-corrected chi connectivity index (χ0v) is 19.8. The van der Waals surface area contributed by atoms with Crippen molar-refractivity contribution in [1.29, 1.82) is 0 Å². The third-order valence-corrected chi connectivity index (χ3v) is 6.47. The number of nitrogens with one attached hydrogen (secondary N) is 2. The van der Waals surface area contributed by atoms with Crippen LogP contribution in [0.3, 0.4) is 0 Å². The van der Waals surface area contributed by atoms with Gasteiger partial charge in [0.25, 0.3) is 5.91 Å². The third-order valence-electron chi connectivity index (χ3n) is 6.47. The predicted molar refractivity (Wildman–Crippen MR) is 135 cm³/mol. The Balaban J connectivity index is 1.29. The minimum Gasteiger partial charge on any atom is -0.497 e. The van der Waals surface area contributed by atoms with Crippen LogP contribution >= 0.6 is 0 Å². The van der Waals surface area contributed by atoms with Crippen LogP contribution in [0.5, 0.6) is 5.75 Å². The molecular formula is C28H33N3O3. The van der Waals surface area contributed by atoms with Crippen molar-refractivity contribution in [2.45, 2.75) is 31.7 Å². The number of benzene rings is 3. The molecule has 4 rings (SSSR count). The molecule has 1 aliphatic heterocycles. The molecule has 1 saturated heterocycles. The number of likely N-dealkylation sites (tertiary alicyclic amines) is 1. The van der Waals surface area contributed by atoms with E-state index in [4.69, 9.17) is 4.74 Å². The lowest BCUT2D eigenvalue weighted by atomic mass is 10.0. The maximum absolute atomic E-state index is 12.6. The SMILES string of the molecule is COc1ccc(C(CNC(=O)CCNC(=O)c2ccc3ccccc3c2)N2CCCCC2)cc1. The number of carbonyl (C=O) groups is 2. The van der Waals surface area contributed by atoms with E-state index >= 15 is 0 Å². The molecule has 1 atom stereocenters. The van der Waals surface area contributed by atoms with Gasteiger partial charge in [0, 0.05) is 25.1 Å². The minimum absolute atomic E-state index is 0.0608. The molecule has 2 N–H and O–H groups in total. The first-order valence-corrected chi connectivity index (χ1v) is 12.1. The smallest absolute Gasteiger partial charge is 0.251 e. The van der Waals surface area contributed by atoms with E-state index in [-0.39, 0.29) is 24.3 Å². The monoisotopic (exact) mass is 459 g/mol. The van der Waals surface area contributed by atoms with Gasteiger partial charge in [-0.3, -0.25) is 14.5 Å². The summed E-state index contributed by atoms with van der Waals surface area (Å²) >= 11 is 0. The third kappa shape index (κ3) is 6.14. The Hall–Kier alpha value is -3.38. The number of hydrogen-bond donors (Lipinski definition) is 2. The number of nitrogens with zero attached hydrogens (tertiary/aromatic N) is 1. The average molecular weight is 460 g/mol. The van der Waals surface area contributed by atoms with Gasteiger partial charge in [-0.15, -0.1) is 0 Å². The van der Waals surface area contributed by atoms with E-state index in [0.29, 0.717) is 18.7 Å². The molecule has 2 amide bonds. The van der Waals surface area contributed by atoms with Crippen molar-refractivity contribution in [3.63, 3.8) is 0 Å². The van der Waals surface area contributed by atoms with E-state index in [1.54, 1.807) is 7.11 Å². The number of fused-ring (bicyclic) bond motifs is 1. The number of hydrogen-bond acceptors (Lipinski definition) is 4. The zero-order chi connectivity index (χ0) is 23.8. The molecule has 6 nitrogen and oxygen atoms in total. The van der Waals surface area contributed by atoms with E-state index < -0.39 is 0 Å². The molecular weight excluding hydrogens is 426 g/mol. The maximum Gasteiger partial charge on any atom is 0.251 e. The average Bonchev–Trinajstić information content (AvgIpc) is 2.89. The van der Waals surface area contributed by atoms with Crippen molar-refractivity contribution in [2.75, 3.05) is 33.3 Å². The van der Waals surface area contributed by atoms with Gasteiger partial charge in [-0.05, 0) is 66.5 Å². The predicted octanol–water partition coefficient (Wildman–Crippen LogP) is 4.31. The summed E-state index contributed by atoms with van der Waals surface area (Å²) in [7, 11) is 1.66. The Kier molecular flexibility index (Phi) is 8.15. The Labute approximate surface area is 201 Å². The molecule has 1 heterocycles. The van der Waals surface area contributed by atoms with Gasteiger partial charge in [0.2, 0.25) is 5.91 Å². The molecule has 1 unspecified atom stereocenters. The van der Waals surface area contributed by atoms with Gasteiger partial charge in [0.1, 0.15) is 5.75 Å². The zero-order valence-electron chi connectivity index (χ0n) is 19.8. The number of carbonyl (C=O) groups excluding carboxylic acids is 2. The molecule has 34 heavy (non-hydrogen) atoms. The molecule has 3 aromatic rings. The second kappa shape index (κ2) is 11.7. The molecule has 1 fully saturated rings. The van der Waals surface area contributed by atoms with Crippen LogP contribution in [0.1, 0.15) is 47.6 Å². The molecule has 6 heteroatoms. The van der Waals surface area contributed by atoms with Crippen molar-refractivity contribution in [3.05, 3.63) is 77.9 Å². The van der Waals surface area contributed by atoms with Crippen LogP contribution in [0.2, 0.25) is 0 Å². The van der Waals surface area contributed by atoms with Crippen LogP contribution in [-0.4, -0.2) is 50.0 Å². The van der Waals surface area contributed by atoms with Crippen molar-refractivity contribution in [3.8, 4) is 5.75 Å². The van der Waals surface area contributed by atoms with Crippen molar-refractivity contribution >= 4 is 22.6 Å². The Morgan fingerprint density at radius 1 is 0.912 bits per heavy atom. The largest absolute Gasteiger partial charge is 0.497 e. The first kappa shape index (κ1) is 23.8. The van der Waals surface area contributed by atoms with E-state index in [0.717, 1.165) is 29.6 Å². The first-order chi connectivity index (χ1) is 16.6. The highest BCUT2D eigenvalue weighted by molar-refractivity contribution is 5.98. The summed E-state index contributed by atoms with van der Waals surface area (Å²) in [5.41, 5.74) is 1.77. The molecule has 0 saturated carbocycles. The van der Waals surface area contributed by atoms with Crippen LogP contribution < -0.4 is 15.4 Å². The quantitative estimate of drug-likeness (QED) is 0.500. The van der Waals surface area contributed by atoms with Crippen LogP contribution in [0.25, 0.3) is 10.8 Å². The van der Waals surface area contributed by atoms with Gasteiger partial charge in [-0.1, -0.05) is 48.9 Å². The fraction of sp³-hybridized carbons (Fsp3) is 0.357. The fourth-order valence-corrected chi connectivity index (χ4v) is 4.53. The van der Waals surface area contributed by atoms with Gasteiger partial charge in [0.05, 0.1) is 13.2 Å². The normalized spacial score (nSPS) is 15.0. The van der Waals surface area contributed by atoms with Crippen LogP contribution in [0, 0.1) is 0 Å². The molecule has 3 aromatic carbocycles. The molecule has 178 valence electrons. The van der Waals surface area contributed by atoms with Gasteiger partial charge >= 0.3 is 0 Å². The minimum atomic E-state index is -0.164. The summed E-state index contributed by atoms with van der Waals surface area (Å²) in [5.74, 6) is 0.602. The highest BCUT2D eigenvalue weighted by Gasteiger charge is 2.23. The summed E-state index contributed by atoms with van der Waals surface area (Å²) in [6.07, 6.45) is 3.87. The van der Waals surface area contributed by atoms with Crippen molar-refractivity contribution in [1.82, 2.24) is 15.5 Å². The molecule has 0 aliphatic carbocycles. The van der Waals surface area contributed by atoms with Gasteiger partial charge in [0.15, 0.2) is 0 Å². The number of methoxy groups -OCH3 is 1. The number of ether oxygens (including phenoxy) is 1. The number of rotatable bonds is 9. The Morgan fingerprint density at radius 3 is 2.38 bits per heavy atom. The first-order valence-electron chi connectivity index (χ1n) is 12.1. The Morgan fingerprint density at radius 2 is 1.65 bits per heavy atom. The van der Waals surface area contributed by atoms with Crippen molar-refractivity contribution in [2.24, 2.45) is 0 Å². The highest BCUT2D eigenvalue weighted by atomic mass is 16.5. The summed E-state index contributed by atoms with van der Waals surface area (Å²) in [6, 6.07) is 21.8. The highest BCUT2D eigenvalue weighted by Crippen LogP contribution is 2.26. The van der Waals surface area contributed by atoms with Crippen LogP contribution in [-0.2, 0) is 4.79 Å². The molecule has 0 bridgehead atoms. The van der Waals surface area contributed by atoms with Crippen LogP contribution in [0.4, 0.5) is 0 Å². The van der Waals surface area contributed by atoms with Gasteiger partial charge in [-0.25, -0.2) is 0 Å². The number of piperidine rings is 1. The summed E-state index contributed by atoms with van der Waals surface area (Å²) in [4.78, 5) is 27.5. The van der Waals surface area contributed by atoms with Crippen LogP contribution in [0.15, 0.2) is 66.7 Å². The van der Waals surface area contributed by atoms with E-state index in [9.17, 15) is 9.59 Å². The number of amides is 2. The molecule has 0 radical (unpaired) electrons. The lowest BCUT2D eigenvalue weighted by Crippen LogP contribution is -2.41. The second-order valence-electron chi connectivity index (χ2n) is 8.76. The van der Waals surface area contributed by atoms with Gasteiger partial charge < -0.3 is 15.4 Å². The van der Waals surface area contributed by atoms with E-state index in [2.05, 4.69) is 27.7 Å². The summed E-state index contributed by atoms with van der Waals surface area (Å²) < 4.78 is 5.29. The summed E-state index contributed by atoms with van der Waals surface area (Å²) in [6.45, 7) is 2.92. The molecule has 0 spiro atoms. The molecule has 0 aromatic heterocycles. The maximum atomic E-state index is 12.6. The van der Waals surface area contributed by atoms with E-state index in [1.165, 1.54) is 24.8 Å². The second-order valence-corrected chi connectivity index (χ2v) is 8.76. The summed E-state index contributed by atoms with van der Waals surface area (Å²) in [5, 5.41) is 8.07. The van der Waals surface area contributed by atoms with Gasteiger partial charge in [-0.2, -0.15) is 0 Å². The fourth-order valence-electron chi connectivity index (χ4n) is 4.53. The Bertz CT molecular complexity index is 1110.